The van der Waals surface area contributed by atoms with Crippen LogP contribution in [0.2, 0.25) is 0 Å². The van der Waals surface area contributed by atoms with Crippen molar-refractivity contribution in [2.45, 2.75) is 71.2 Å². The number of methoxy groups -OCH3 is 1. The number of amides is 2. The number of alkyl carbamates (subject to hydrolysis) is 1. The molecule has 0 aromatic heterocycles. The van der Waals surface area contributed by atoms with Gasteiger partial charge in [-0.15, -0.1) is 0 Å². The Kier molecular flexibility index (Phi) is 6.84. The number of ether oxygens (including phenoxy) is 1. The molecule has 25 heavy (non-hydrogen) atoms. The van der Waals surface area contributed by atoms with E-state index in [4.69, 9.17) is 15.0 Å². The average molecular weight is 356 g/mol. The second-order valence-electron chi connectivity index (χ2n) is 6.94. The van der Waals surface area contributed by atoms with E-state index in [0.717, 1.165) is 0 Å². The van der Waals surface area contributed by atoms with Crippen LogP contribution in [0.4, 0.5) is 4.79 Å². The van der Waals surface area contributed by atoms with Gasteiger partial charge in [0.1, 0.15) is 11.9 Å². The Morgan fingerprint density at radius 2 is 1.72 bits per heavy atom. The summed E-state index contributed by atoms with van der Waals surface area (Å²) in [5, 5.41) is 5.15. The van der Waals surface area contributed by atoms with E-state index < -0.39 is 36.6 Å². The van der Waals surface area contributed by atoms with E-state index in [1.807, 2.05) is 27.7 Å². The normalized spacial score (nSPS) is 21.4. The standard InChI is InChI=1S/C15H29BN4O5/c1-8-10(19-13(22)23-7)12(21)18-9(2)11(17)20-16-24-14(3,4)15(5,6)25-16/h9-10H,8H2,1-7H3,(H2,17,20)(H,18,21)(H,19,22)/t9-,10-/m0/s1. The Labute approximate surface area is 149 Å². The van der Waals surface area contributed by atoms with Gasteiger partial charge in [0, 0.05) is 0 Å². The number of nitrogens with two attached hydrogens (primary N) is 1. The predicted octanol–water partition coefficient (Wildman–Crippen LogP) is 0.572. The topological polar surface area (TPSA) is 124 Å². The number of carbonyl (C=O) groups is 2. The van der Waals surface area contributed by atoms with Gasteiger partial charge < -0.3 is 30.4 Å². The SMILES string of the molecule is CC[C@H](NC(=O)OC)C(=O)N[C@@H](C)/C(N)=N/B1OC(C)(C)C(C)(C)O1. The molecule has 0 aromatic rings. The number of nitrogens with zero attached hydrogens (tertiary/aromatic N) is 1. The van der Waals surface area contributed by atoms with Crippen LogP contribution in [0.15, 0.2) is 4.90 Å². The van der Waals surface area contributed by atoms with E-state index >= 15 is 0 Å². The third-order valence-electron chi connectivity index (χ3n) is 4.50. The molecule has 0 spiro atoms. The summed E-state index contributed by atoms with van der Waals surface area (Å²) in [4.78, 5) is 27.7. The van der Waals surface area contributed by atoms with Crippen LogP contribution in [0, 0.1) is 0 Å². The minimum atomic E-state index is -0.834. The minimum absolute atomic E-state index is 0.166. The smallest absolute Gasteiger partial charge is 0.453 e. The third-order valence-corrected chi connectivity index (χ3v) is 4.50. The largest absolute Gasteiger partial charge is 0.614 e. The van der Waals surface area contributed by atoms with Gasteiger partial charge >= 0.3 is 13.3 Å². The lowest BCUT2D eigenvalue weighted by Crippen LogP contribution is -2.52. The molecule has 9 nitrogen and oxygen atoms in total. The molecule has 2 atom stereocenters. The zero-order valence-corrected chi connectivity index (χ0v) is 16.0. The zero-order chi connectivity index (χ0) is 19.4. The zero-order valence-electron chi connectivity index (χ0n) is 16.0. The molecule has 10 heteroatoms. The highest BCUT2D eigenvalue weighted by atomic mass is 16.7. The molecule has 0 saturated carbocycles. The maximum atomic E-state index is 12.2. The van der Waals surface area contributed by atoms with Crippen molar-refractivity contribution in [3.8, 4) is 0 Å². The van der Waals surface area contributed by atoms with Gasteiger partial charge in [0.2, 0.25) is 5.91 Å². The Bertz CT molecular complexity index is 522. The molecule has 0 unspecified atom stereocenters. The molecule has 0 aliphatic carbocycles. The maximum Gasteiger partial charge on any atom is 0.614 e. The molecule has 1 heterocycles. The molecular formula is C15H29BN4O5. The molecule has 0 aromatic carbocycles. The lowest BCUT2D eigenvalue weighted by molar-refractivity contribution is -0.123. The lowest BCUT2D eigenvalue weighted by atomic mass is 9.90. The first kappa shape index (κ1) is 21.2. The van der Waals surface area contributed by atoms with Gasteiger partial charge in [0.05, 0.1) is 24.4 Å². The van der Waals surface area contributed by atoms with Crippen molar-refractivity contribution in [2.75, 3.05) is 7.11 Å². The second-order valence-corrected chi connectivity index (χ2v) is 6.94. The molecule has 1 fully saturated rings. The first-order valence-electron chi connectivity index (χ1n) is 8.27. The van der Waals surface area contributed by atoms with Gasteiger partial charge in [-0.2, -0.15) is 0 Å². The van der Waals surface area contributed by atoms with Gasteiger partial charge in [-0.05, 0) is 41.0 Å². The molecule has 1 aliphatic heterocycles. The molecule has 1 rings (SSSR count). The van der Waals surface area contributed by atoms with Gasteiger partial charge in [0.25, 0.3) is 0 Å². The lowest BCUT2D eigenvalue weighted by Gasteiger charge is -2.32. The summed E-state index contributed by atoms with van der Waals surface area (Å²) >= 11 is 0. The Hall–Kier alpha value is -1.81. The van der Waals surface area contributed by atoms with Gasteiger partial charge in [0.15, 0.2) is 0 Å². The summed E-state index contributed by atoms with van der Waals surface area (Å²) < 4.78 is 16.0. The van der Waals surface area contributed by atoms with E-state index in [0.29, 0.717) is 6.42 Å². The van der Waals surface area contributed by atoms with Crippen molar-refractivity contribution in [1.29, 1.82) is 0 Å². The fourth-order valence-electron chi connectivity index (χ4n) is 2.04. The quantitative estimate of drug-likeness (QED) is 0.363. The minimum Gasteiger partial charge on any atom is -0.453 e. The first-order chi connectivity index (χ1) is 11.4. The Balaban J connectivity index is 2.68. The van der Waals surface area contributed by atoms with Crippen molar-refractivity contribution in [2.24, 2.45) is 10.6 Å². The highest BCUT2D eigenvalue weighted by Gasteiger charge is 2.52. The van der Waals surface area contributed by atoms with Crippen LogP contribution >= 0.6 is 0 Å². The second kappa shape index (κ2) is 8.05. The van der Waals surface area contributed by atoms with Crippen LogP contribution in [-0.2, 0) is 18.8 Å². The predicted molar refractivity (Wildman–Crippen MR) is 94.9 cm³/mol. The van der Waals surface area contributed by atoms with E-state index in [2.05, 4.69) is 20.3 Å². The van der Waals surface area contributed by atoms with Crippen LogP contribution in [0.25, 0.3) is 0 Å². The van der Waals surface area contributed by atoms with Crippen LogP contribution < -0.4 is 16.4 Å². The van der Waals surface area contributed by atoms with Crippen molar-refractivity contribution < 1.29 is 23.6 Å². The summed E-state index contributed by atoms with van der Waals surface area (Å²) in [5.74, 6) is -0.216. The monoisotopic (exact) mass is 356 g/mol. The summed E-state index contributed by atoms with van der Waals surface area (Å²) in [7, 11) is 0.400. The molecule has 0 radical (unpaired) electrons. The number of amidine groups is 1. The molecule has 1 aliphatic rings. The van der Waals surface area contributed by atoms with Crippen molar-refractivity contribution in [3.05, 3.63) is 0 Å². The first-order valence-corrected chi connectivity index (χ1v) is 8.27. The fourth-order valence-corrected chi connectivity index (χ4v) is 2.04. The van der Waals surface area contributed by atoms with E-state index in [-0.39, 0.29) is 11.7 Å². The van der Waals surface area contributed by atoms with E-state index in [9.17, 15) is 9.59 Å². The van der Waals surface area contributed by atoms with Crippen molar-refractivity contribution in [3.63, 3.8) is 0 Å². The average Bonchev–Trinajstić information content (AvgIpc) is 2.70. The molecule has 1 saturated heterocycles. The number of rotatable bonds is 6. The third kappa shape index (κ3) is 5.33. The van der Waals surface area contributed by atoms with Crippen LogP contribution in [-0.4, -0.2) is 55.5 Å². The summed E-state index contributed by atoms with van der Waals surface area (Å²) in [6.45, 7) is 11.1. The Morgan fingerprint density at radius 1 is 1.20 bits per heavy atom. The summed E-state index contributed by atoms with van der Waals surface area (Å²) in [5.41, 5.74) is 4.91. The molecular weight excluding hydrogens is 327 g/mol. The van der Waals surface area contributed by atoms with E-state index in [1.54, 1.807) is 13.8 Å². The fraction of sp³-hybridized carbons (Fsp3) is 0.800. The summed E-state index contributed by atoms with van der Waals surface area (Å²) in [6, 6.07) is -1.28. The molecule has 2 amide bonds. The van der Waals surface area contributed by atoms with Gasteiger partial charge in [-0.25, -0.2) is 4.79 Å². The van der Waals surface area contributed by atoms with Crippen molar-refractivity contribution in [1.82, 2.24) is 10.6 Å². The number of carbonyl (C=O) groups excluding carboxylic acids is 2. The van der Waals surface area contributed by atoms with Crippen LogP contribution in [0.3, 0.4) is 0 Å². The van der Waals surface area contributed by atoms with Gasteiger partial charge in [-0.3, -0.25) is 9.70 Å². The highest BCUT2D eigenvalue weighted by molar-refractivity contribution is 6.45. The molecule has 142 valence electrons. The van der Waals surface area contributed by atoms with Gasteiger partial charge in [-0.1, -0.05) is 6.92 Å². The van der Waals surface area contributed by atoms with Crippen LogP contribution in [0.1, 0.15) is 48.0 Å². The van der Waals surface area contributed by atoms with Crippen LogP contribution in [0.5, 0.6) is 0 Å². The highest BCUT2D eigenvalue weighted by Crippen LogP contribution is 2.36. The number of nitrogens with one attached hydrogen (secondary N) is 2. The number of hydrogen-bond acceptors (Lipinski definition) is 6. The van der Waals surface area contributed by atoms with E-state index in [1.165, 1.54) is 7.11 Å². The van der Waals surface area contributed by atoms with Crippen molar-refractivity contribution >= 4 is 25.1 Å². The molecule has 4 N–H and O–H groups in total. The maximum absolute atomic E-state index is 12.2. The molecule has 0 bridgehead atoms. The summed E-state index contributed by atoms with van der Waals surface area (Å²) in [6.07, 6.45) is -0.268. The number of hydrogen-bond donors (Lipinski definition) is 3. The Morgan fingerprint density at radius 3 is 2.16 bits per heavy atom.